The van der Waals surface area contributed by atoms with E-state index in [0.29, 0.717) is 27.9 Å². The van der Waals surface area contributed by atoms with Crippen LogP contribution in [0.3, 0.4) is 0 Å². The third kappa shape index (κ3) is 3.64. The number of thiazole rings is 1. The van der Waals surface area contributed by atoms with Crippen molar-refractivity contribution in [1.82, 2.24) is 15.1 Å². The van der Waals surface area contributed by atoms with Crippen LogP contribution in [0.4, 0.5) is 5.13 Å². The predicted molar refractivity (Wildman–Crippen MR) is 109 cm³/mol. The number of fused-ring (bicyclic) bond motifs is 1. The van der Waals surface area contributed by atoms with Gasteiger partial charge in [0.15, 0.2) is 10.8 Å². The molecule has 0 N–H and O–H groups in total. The second-order valence-electron chi connectivity index (χ2n) is 6.22. The number of ether oxygens (including phenoxy) is 2. The first-order valence-corrected chi connectivity index (χ1v) is 9.58. The molecule has 3 aromatic heterocycles. The number of amides is 1. The number of methoxy groups -OCH3 is 2. The average Bonchev–Trinajstić information content (AvgIpc) is 3.38. The lowest BCUT2D eigenvalue weighted by atomic mass is 10.2. The lowest BCUT2D eigenvalue weighted by Gasteiger charge is -2.18. The molecule has 0 aliphatic heterocycles. The van der Waals surface area contributed by atoms with Crippen molar-refractivity contribution in [2.45, 2.75) is 13.5 Å². The molecular formula is C20H18N4O4S. The van der Waals surface area contributed by atoms with Crippen molar-refractivity contribution in [3.05, 3.63) is 59.7 Å². The lowest BCUT2D eigenvalue weighted by molar-refractivity contribution is 0.0976. The van der Waals surface area contributed by atoms with Crippen LogP contribution >= 0.6 is 11.3 Å². The highest BCUT2D eigenvalue weighted by atomic mass is 32.1. The van der Waals surface area contributed by atoms with Crippen molar-refractivity contribution in [2.24, 2.45) is 0 Å². The molecule has 0 saturated carbocycles. The van der Waals surface area contributed by atoms with Gasteiger partial charge in [-0.15, -0.1) is 0 Å². The van der Waals surface area contributed by atoms with Crippen LogP contribution in [-0.2, 0) is 6.54 Å². The van der Waals surface area contributed by atoms with Gasteiger partial charge < -0.3 is 14.0 Å². The normalized spacial score (nSPS) is 10.9. The third-order valence-electron chi connectivity index (χ3n) is 4.29. The van der Waals surface area contributed by atoms with E-state index in [4.69, 9.17) is 14.0 Å². The first-order valence-electron chi connectivity index (χ1n) is 8.76. The summed E-state index contributed by atoms with van der Waals surface area (Å²) in [5.74, 6) is 1.51. The first-order chi connectivity index (χ1) is 14.1. The van der Waals surface area contributed by atoms with Crippen molar-refractivity contribution in [1.29, 1.82) is 0 Å². The molecule has 4 aromatic rings. The van der Waals surface area contributed by atoms with Gasteiger partial charge in [-0.1, -0.05) is 22.6 Å². The Morgan fingerprint density at radius 1 is 1.21 bits per heavy atom. The van der Waals surface area contributed by atoms with Crippen LogP contribution in [0.25, 0.3) is 10.2 Å². The summed E-state index contributed by atoms with van der Waals surface area (Å²) >= 11 is 1.35. The number of nitrogens with zero attached hydrogens (tertiary/aromatic N) is 4. The van der Waals surface area contributed by atoms with E-state index in [0.717, 1.165) is 10.3 Å². The summed E-state index contributed by atoms with van der Waals surface area (Å²) in [6, 6.07) is 8.93. The minimum Gasteiger partial charge on any atom is -0.495 e. The van der Waals surface area contributed by atoms with Gasteiger partial charge in [-0.2, -0.15) is 0 Å². The number of aryl methyl sites for hydroxylation is 1. The van der Waals surface area contributed by atoms with Gasteiger partial charge >= 0.3 is 0 Å². The Labute approximate surface area is 170 Å². The van der Waals surface area contributed by atoms with Crippen LogP contribution in [0.2, 0.25) is 0 Å². The maximum absolute atomic E-state index is 13.2. The second-order valence-corrected chi connectivity index (χ2v) is 7.20. The molecule has 0 fully saturated rings. The molecule has 9 heteroatoms. The molecule has 0 bridgehead atoms. The summed E-state index contributed by atoms with van der Waals surface area (Å²) in [7, 11) is 3.17. The molecule has 148 valence electrons. The highest BCUT2D eigenvalue weighted by molar-refractivity contribution is 7.22. The largest absolute Gasteiger partial charge is 0.495 e. The fraction of sp³-hybridized carbons (Fsp3) is 0.200. The number of rotatable bonds is 6. The van der Waals surface area contributed by atoms with Crippen LogP contribution in [0, 0.1) is 6.92 Å². The fourth-order valence-corrected chi connectivity index (χ4v) is 3.97. The minimum atomic E-state index is -0.317. The van der Waals surface area contributed by atoms with Crippen LogP contribution in [0.1, 0.15) is 21.8 Å². The van der Waals surface area contributed by atoms with E-state index in [9.17, 15) is 4.79 Å². The number of pyridine rings is 1. The van der Waals surface area contributed by atoms with Crippen molar-refractivity contribution in [2.75, 3.05) is 19.1 Å². The number of carbonyl (C=O) groups is 1. The summed E-state index contributed by atoms with van der Waals surface area (Å²) in [6.45, 7) is 2.02. The zero-order chi connectivity index (χ0) is 20.4. The van der Waals surface area contributed by atoms with Gasteiger partial charge in [0, 0.05) is 18.5 Å². The van der Waals surface area contributed by atoms with Crippen LogP contribution in [0.15, 0.2) is 47.2 Å². The Balaban J connectivity index is 1.83. The standard InChI is InChI=1S/C20H18N4O4S/c1-12-9-14(23-28-12)19(25)24(11-13-5-4-8-21-10-13)20-22-17-15(26-2)6-7-16(27-3)18(17)29-20/h4-10H,11H2,1-3H3. The molecule has 0 spiro atoms. The SMILES string of the molecule is COc1ccc(OC)c2sc(N(Cc3cccnc3)C(=O)c3cc(C)on3)nc12. The molecule has 29 heavy (non-hydrogen) atoms. The van der Waals surface area contributed by atoms with E-state index in [-0.39, 0.29) is 18.1 Å². The zero-order valence-electron chi connectivity index (χ0n) is 16.1. The summed E-state index contributed by atoms with van der Waals surface area (Å²) in [5, 5.41) is 4.37. The van der Waals surface area contributed by atoms with Gasteiger partial charge in [0.1, 0.15) is 27.5 Å². The van der Waals surface area contributed by atoms with E-state index in [1.807, 2.05) is 18.2 Å². The van der Waals surface area contributed by atoms with Gasteiger partial charge in [0.25, 0.3) is 5.91 Å². The molecule has 8 nitrogen and oxygen atoms in total. The van der Waals surface area contributed by atoms with E-state index in [1.165, 1.54) is 11.3 Å². The number of carbonyl (C=O) groups excluding carboxylic acids is 1. The molecule has 0 aliphatic carbocycles. The predicted octanol–water partition coefficient (Wildman–Crippen LogP) is 3.85. The summed E-state index contributed by atoms with van der Waals surface area (Å²) < 4.78 is 16.8. The van der Waals surface area contributed by atoms with Gasteiger partial charge in [-0.3, -0.25) is 14.7 Å². The Morgan fingerprint density at radius 3 is 2.66 bits per heavy atom. The highest BCUT2D eigenvalue weighted by Gasteiger charge is 2.26. The van der Waals surface area contributed by atoms with E-state index >= 15 is 0 Å². The van der Waals surface area contributed by atoms with Crippen molar-refractivity contribution in [3.63, 3.8) is 0 Å². The molecule has 4 rings (SSSR count). The summed E-state index contributed by atoms with van der Waals surface area (Å²) in [6.07, 6.45) is 3.40. The molecule has 0 aliphatic rings. The zero-order valence-corrected chi connectivity index (χ0v) is 16.9. The molecule has 0 saturated heterocycles. The maximum Gasteiger partial charge on any atom is 0.282 e. The molecular weight excluding hydrogens is 392 g/mol. The number of benzene rings is 1. The van der Waals surface area contributed by atoms with Crippen molar-refractivity contribution >= 4 is 32.6 Å². The maximum atomic E-state index is 13.2. The molecule has 1 amide bonds. The third-order valence-corrected chi connectivity index (χ3v) is 5.38. The monoisotopic (exact) mass is 410 g/mol. The molecule has 0 radical (unpaired) electrons. The Kier molecular flexibility index (Phi) is 5.13. The Bertz CT molecular complexity index is 1110. The van der Waals surface area contributed by atoms with Crippen LogP contribution in [-0.4, -0.2) is 35.3 Å². The lowest BCUT2D eigenvalue weighted by Crippen LogP contribution is -2.30. The quantitative estimate of drug-likeness (QED) is 0.477. The molecule has 1 aromatic carbocycles. The van der Waals surface area contributed by atoms with Crippen molar-refractivity contribution in [3.8, 4) is 11.5 Å². The van der Waals surface area contributed by atoms with Crippen molar-refractivity contribution < 1.29 is 18.8 Å². The second kappa shape index (κ2) is 7.88. The van der Waals surface area contributed by atoms with Gasteiger partial charge in [0.2, 0.25) is 0 Å². The number of hydrogen-bond donors (Lipinski definition) is 0. The molecule has 3 heterocycles. The fourth-order valence-electron chi connectivity index (χ4n) is 2.90. The molecule has 0 atom stereocenters. The van der Waals surface area contributed by atoms with Gasteiger partial charge in [-0.05, 0) is 30.7 Å². The Hall–Kier alpha value is -3.46. The average molecular weight is 410 g/mol. The smallest absolute Gasteiger partial charge is 0.282 e. The first kappa shape index (κ1) is 18.9. The minimum absolute atomic E-state index is 0.213. The topological polar surface area (TPSA) is 90.6 Å². The summed E-state index contributed by atoms with van der Waals surface area (Å²) in [4.78, 5) is 23.6. The number of hydrogen-bond acceptors (Lipinski definition) is 8. The molecule has 0 unspecified atom stereocenters. The summed E-state index contributed by atoms with van der Waals surface area (Å²) in [5.41, 5.74) is 1.70. The van der Waals surface area contributed by atoms with Crippen LogP contribution < -0.4 is 14.4 Å². The van der Waals surface area contributed by atoms with Gasteiger partial charge in [-0.25, -0.2) is 4.98 Å². The number of anilines is 1. The van der Waals surface area contributed by atoms with E-state index in [2.05, 4.69) is 15.1 Å². The highest BCUT2D eigenvalue weighted by Crippen LogP contribution is 2.40. The number of aromatic nitrogens is 3. The van der Waals surface area contributed by atoms with E-state index < -0.39 is 0 Å². The van der Waals surface area contributed by atoms with E-state index in [1.54, 1.807) is 50.6 Å². The van der Waals surface area contributed by atoms with Crippen LogP contribution in [0.5, 0.6) is 11.5 Å². The van der Waals surface area contributed by atoms with Gasteiger partial charge in [0.05, 0.1) is 20.8 Å². The Morgan fingerprint density at radius 2 is 2.00 bits per heavy atom.